The molecule has 3 aromatic rings. The van der Waals surface area contributed by atoms with Crippen molar-refractivity contribution < 1.29 is 37.7 Å². The molecule has 41 heavy (non-hydrogen) atoms. The number of nitrogens with zero attached hydrogens (tertiary/aromatic N) is 3. The number of aliphatic hydroxyl groups excluding tert-OH is 1. The van der Waals surface area contributed by atoms with Crippen LogP contribution in [0.4, 0.5) is 8.78 Å². The van der Waals surface area contributed by atoms with Crippen LogP contribution in [0.25, 0.3) is 16.9 Å². The number of hydrogen-bond donors (Lipinski definition) is 2. The van der Waals surface area contributed by atoms with Gasteiger partial charge in [0.25, 0.3) is 5.91 Å². The Hall–Kier alpha value is -3.77. The Labute approximate surface area is 236 Å². The SMILES string of the molecule is CCOC(=O)C1CCCN(CC(O)c2ccn3c(-c4cc(OC)c(C(=O)NC5CC5)c(OC(F)F)c4)cnc3c2)C1. The van der Waals surface area contributed by atoms with Gasteiger partial charge in [-0.25, -0.2) is 4.98 Å². The highest BCUT2D eigenvalue weighted by molar-refractivity contribution is 6.01. The number of piperidine rings is 1. The summed E-state index contributed by atoms with van der Waals surface area (Å²) in [4.78, 5) is 31.5. The molecule has 1 saturated heterocycles. The number of amides is 1. The lowest BCUT2D eigenvalue weighted by atomic mass is 9.97. The van der Waals surface area contributed by atoms with Crippen molar-refractivity contribution >= 4 is 17.5 Å². The number of aliphatic hydroxyl groups is 1. The number of alkyl halides is 2. The zero-order valence-electron chi connectivity index (χ0n) is 23.0. The molecule has 3 heterocycles. The largest absolute Gasteiger partial charge is 0.496 e. The average Bonchev–Trinajstić information content (AvgIpc) is 3.66. The third-order valence-corrected chi connectivity index (χ3v) is 7.42. The third kappa shape index (κ3) is 6.59. The van der Waals surface area contributed by atoms with E-state index in [1.165, 1.54) is 13.2 Å². The molecule has 2 atom stereocenters. The van der Waals surface area contributed by atoms with E-state index < -0.39 is 18.6 Å². The zero-order valence-corrected chi connectivity index (χ0v) is 23.0. The first-order valence-electron chi connectivity index (χ1n) is 13.8. The minimum atomic E-state index is -3.14. The van der Waals surface area contributed by atoms with Crippen molar-refractivity contribution in [3.8, 4) is 22.8 Å². The van der Waals surface area contributed by atoms with Crippen LogP contribution in [0.15, 0.2) is 36.7 Å². The Balaban J connectivity index is 1.38. The van der Waals surface area contributed by atoms with E-state index in [4.69, 9.17) is 14.2 Å². The fraction of sp³-hybridized carbons (Fsp3) is 0.483. The molecule has 2 aliphatic rings. The van der Waals surface area contributed by atoms with Gasteiger partial charge >= 0.3 is 12.6 Å². The van der Waals surface area contributed by atoms with Gasteiger partial charge in [-0.1, -0.05) is 0 Å². The van der Waals surface area contributed by atoms with E-state index in [9.17, 15) is 23.5 Å². The van der Waals surface area contributed by atoms with E-state index in [0.29, 0.717) is 42.2 Å². The second-order valence-corrected chi connectivity index (χ2v) is 10.4. The summed E-state index contributed by atoms with van der Waals surface area (Å²) in [6.07, 6.45) is 5.79. The fourth-order valence-electron chi connectivity index (χ4n) is 5.24. The summed E-state index contributed by atoms with van der Waals surface area (Å²) >= 11 is 0. The quantitative estimate of drug-likeness (QED) is 0.334. The predicted molar refractivity (Wildman–Crippen MR) is 145 cm³/mol. The number of ether oxygens (including phenoxy) is 3. The van der Waals surface area contributed by atoms with Crippen molar-refractivity contribution in [3.05, 3.63) is 47.8 Å². The Bertz CT molecular complexity index is 1410. The summed E-state index contributed by atoms with van der Waals surface area (Å²) in [5, 5.41) is 13.8. The number of carbonyl (C=O) groups is 2. The van der Waals surface area contributed by atoms with Crippen molar-refractivity contribution in [2.75, 3.05) is 33.4 Å². The summed E-state index contributed by atoms with van der Waals surface area (Å²) in [5.74, 6) is -1.13. The smallest absolute Gasteiger partial charge is 0.387 e. The first-order valence-corrected chi connectivity index (χ1v) is 13.8. The lowest BCUT2D eigenvalue weighted by Gasteiger charge is -2.32. The standard InChI is InChI=1S/C29H34F2N4O6/c1-3-40-28(38)18-5-4-9-34(15-18)16-22(36)17-8-10-35-21(14-32-25(35)13-17)19-11-23(39-2)26(24(12-19)41-29(30)31)27(37)33-20-6-7-20/h8,10-14,18,20,22,29,36H,3-7,9,15-16H2,1-2H3,(H,33,37). The zero-order chi connectivity index (χ0) is 29.1. The van der Waals surface area contributed by atoms with Crippen molar-refractivity contribution in [1.29, 1.82) is 0 Å². The van der Waals surface area contributed by atoms with E-state index >= 15 is 0 Å². The van der Waals surface area contributed by atoms with Crippen LogP contribution >= 0.6 is 0 Å². The number of β-amino-alcohol motifs (C(OH)–C–C–N with tert-alkyl or cyclic N) is 1. The number of methoxy groups -OCH3 is 1. The first kappa shape index (κ1) is 28.7. The molecule has 1 amide bonds. The van der Waals surface area contributed by atoms with Crippen LogP contribution < -0.4 is 14.8 Å². The highest BCUT2D eigenvalue weighted by Gasteiger charge is 2.30. The van der Waals surface area contributed by atoms with Crippen LogP contribution in [0.1, 0.15) is 54.6 Å². The second-order valence-electron chi connectivity index (χ2n) is 10.4. The number of halogens is 2. The molecule has 0 spiro atoms. The molecule has 10 nitrogen and oxygen atoms in total. The lowest BCUT2D eigenvalue weighted by Crippen LogP contribution is -2.41. The van der Waals surface area contributed by atoms with Crippen LogP contribution in [0.3, 0.4) is 0 Å². The maximum absolute atomic E-state index is 13.3. The van der Waals surface area contributed by atoms with Gasteiger partial charge in [0.05, 0.1) is 37.6 Å². The normalized spacial score (nSPS) is 18.3. The molecule has 5 rings (SSSR count). The molecule has 1 aliphatic carbocycles. The van der Waals surface area contributed by atoms with Gasteiger partial charge in [0.1, 0.15) is 22.7 Å². The van der Waals surface area contributed by atoms with Crippen LogP contribution in [0.2, 0.25) is 0 Å². The fourth-order valence-corrected chi connectivity index (χ4v) is 5.24. The number of esters is 1. The number of benzene rings is 1. The monoisotopic (exact) mass is 572 g/mol. The predicted octanol–water partition coefficient (Wildman–Crippen LogP) is 3.81. The molecule has 0 radical (unpaired) electrons. The van der Waals surface area contributed by atoms with E-state index in [2.05, 4.69) is 15.2 Å². The van der Waals surface area contributed by atoms with Crippen molar-refractivity contribution in [2.45, 2.75) is 51.4 Å². The molecule has 0 bridgehead atoms. The highest BCUT2D eigenvalue weighted by Crippen LogP contribution is 2.37. The molecule has 2 fully saturated rings. The summed E-state index contributed by atoms with van der Waals surface area (Å²) < 4.78 is 43.7. The van der Waals surface area contributed by atoms with E-state index in [-0.39, 0.29) is 35.0 Å². The summed E-state index contributed by atoms with van der Waals surface area (Å²) in [7, 11) is 1.36. The number of imidazole rings is 1. The van der Waals surface area contributed by atoms with Gasteiger partial charge in [-0.2, -0.15) is 8.78 Å². The number of carbonyl (C=O) groups excluding carboxylic acids is 2. The summed E-state index contributed by atoms with van der Waals surface area (Å²) in [5.41, 5.74) is 2.11. The van der Waals surface area contributed by atoms with Gasteiger partial charge in [-0.05, 0) is 69.0 Å². The van der Waals surface area contributed by atoms with Gasteiger partial charge in [0.2, 0.25) is 0 Å². The molecule has 1 saturated carbocycles. The number of aromatic nitrogens is 2. The van der Waals surface area contributed by atoms with E-state index in [1.54, 1.807) is 41.9 Å². The molecule has 1 aliphatic heterocycles. The minimum absolute atomic E-state index is 0.0171. The Kier molecular flexibility index (Phi) is 8.69. The van der Waals surface area contributed by atoms with Crippen LogP contribution in [0, 0.1) is 5.92 Å². The molecular weight excluding hydrogens is 538 g/mol. The first-order chi connectivity index (χ1) is 19.8. The number of fused-ring (bicyclic) bond motifs is 1. The van der Waals surface area contributed by atoms with Gasteiger partial charge in [0.15, 0.2) is 0 Å². The summed E-state index contributed by atoms with van der Waals surface area (Å²) in [6.45, 7) is 0.664. The molecular formula is C29H34F2N4O6. The average molecular weight is 573 g/mol. The Morgan fingerprint density at radius 2 is 1.98 bits per heavy atom. The van der Waals surface area contributed by atoms with Gasteiger partial charge in [-0.3, -0.25) is 18.9 Å². The highest BCUT2D eigenvalue weighted by atomic mass is 19.3. The van der Waals surface area contributed by atoms with E-state index in [0.717, 1.165) is 32.2 Å². The van der Waals surface area contributed by atoms with Crippen molar-refractivity contribution in [1.82, 2.24) is 19.6 Å². The number of likely N-dealkylation sites (tertiary alicyclic amines) is 1. The van der Waals surface area contributed by atoms with Gasteiger partial charge in [0, 0.05) is 30.9 Å². The Morgan fingerprint density at radius 3 is 2.68 bits per heavy atom. The molecule has 2 unspecified atom stereocenters. The van der Waals surface area contributed by atoms with Crippen molar-refractivity contribution in [3.63, 3.8) is 0 Å². The molecule has 1 aromatic carbocycles. The number of pyridine rings is 1. The minimum Gasteiger partial charge on any atom is -0.496 e. The third-order valence-electron chi connectivity index (χ3n) is 7.42. The molecule has 12 heteroatoms. The molecule has 2 aromatic heterocycles. The molecule has 2 N–H and O–H groups in total. The van der Waals surface area contributed by atoms with Crippen LogP contribution in [-0.4, -0.2) is 77.3 Å². The number of hydrogen-bond acceptors (Lipinski definition) is 8. The van der Waals surface area contributed by atoms with Crippen LogP contribution in [0.5, 0.6) is 11.5 Å². The van der Waals surface area contributed by atoms with Gasteiger partial charge < -0.3 is 24.6 Å². The van der Waals surface area contributed by atoms with Crippen molar-refractivity contribution in [2.24, 2.45) is 5.92 Å². The maximum atomic E-state index is 13.3. The second kappa shape index (κ2) is 12.4. The Morgan fingerprint density at radius 1 is 1.20 bits per heavy atom. The summed E-state index contributed by atoms with van der Waals surface area (Å²) in [6, 6.07) is 6.50. The number of nitrogens with one attached hydrogen (secondary N) is 1. The van der Waals surface area contributed by atoms with Crippen LogP contribution in [-0.2, 0) is 9.53 Å². The maximum Gasteiger partial charge on any atom is 0.387 e. The van der Waals surface area contributed by atoms with E-state index in [1.807, 2.05) is 0 Å². The lowest BCUT2D eigenvalue weighted by molar-refractivity contribution is -0.150. The van der Waals surface area contributed by atoms with Gasteiger partial charge in [-0.15, -0.1) is 0 Å². The number of rotatable bonds is 11. The topological polar surface area (TPSA) is 115 Å². The molecule has 220 valence electrons.